The third-order valence-corrected chi connectivity index (χ3v) is 9.82. The Hall–Kier alpha value is -3.87. The van der Waals surface area contributed by atoms with Crippen molar-refractivity contribution in [2.24, 2.45) is 5.92 Å². The maximum Gasteiger partial charge on any atom is 0.257 e. The molecule has 3 aromatic rings. The molecule has 6 rings (SSSR count). The van der Waals surface area contributed by atoms with E-state index in [9.17, 15) is 9.59 Å². The van der Waals surface area contributed by atoms with Crippen LogP contribution in [0.5, 0.6) is 0 Å². The lowest BCUT2D eigenvalue weighted by molar-refractivity contribution is -0.123. The molecule has 0 spiro atoms. The Morgan fingerprint density at radius 2 is 1.50 bits per heavy atom. The zero-order chi connectivity index (χ0) is 30.6. The zero-order valence-corrected chi connectivity index (χ0v) is 26.1. The van der Waals surface area contributed by atoms with Crippen molar-refractivity contribution in [2.75, 3.05) is 35.2 Å². The largest absolute Gasteiger partial charge is 0.382 e. The minimum absolute atomic E-state index is 0.0860. The van der Waals surface area contributed by atoms with Gasteiger partial charge in [-0.25, -0.2) is 4.39 Å². The monoisotopic (exact) mass is 596 g/mol. The Kier molecular flexibility index (Phi) is 9.20. The van der Waals surface area contributed by atoms with E-state index in [0.717, 1.165) is 35.7 Å². The number of halogens is 1. The van der Waals surface area contributed by atoms with Crippen LogP contribution in [0.25, 0.3) is 0 Å². The molecule has 1 aliphatic carbocycles. The number of piperidine rings is 1. The van der Waals surface area contributed by atoms with E-state index in [1.54, 1.807) is 24.0 Å². The Labute approximate surface area is 261 Å². The highest BCUT2D eigenvalue weighted by Gasteiger charge is 2.40. The summed E-state index contributed by atoms with van der Waals surface area (Å²) in [6, 6.07) is 19.0. The van der Waals surface area contributed by atoms with Crippen LogP contribution in [-0.2, 0) is 4.79 Å². The van der Waals surface area contributed by atoms with Crippen molar-refractivity contribution in [1.29, 1.82) is 0 Å². The number of aryl methyl sites for hydroxylation is 2. The third kappa shape index (κ3) is 6.47. The summed E-state index contributed by atoms with van der Waals surface area (Å²) in [6.45, 7) is 6.40. The van der Waals surface area contributed by atoms with Gasteiger partial charge in [-0.2, -0.15) is 0 Å². The molecule has 3 fully saturated rings. The predicted molar refractivity (Wildman–Crippen MR) is 176 cm³/mol. The first-order valence-electron chi connectivity index (χ1n) is 16.5. The van der Waals surface area contributed by atoms with Crippen LogP contribution in [0.1, 0.15) is 90.9 Å². The molecule has 3 aliphatic rings. The molecule has 6 nitrogen and oxygen atoms in total. The van der Waals surface area contributed by atoms with Gasteiger partial charge in [0.25, 0.3) is 5.91 Å². The molecule has 2 saturated heterocycles. The van der Waals surface area contributed by atoms with Crippen molar-refractivity contribution in [2.45, 2.75) is 83.7 Å². The van der Waals surface area contributed by atoms with Gasteiger partial charge in [-0.05, 0) is 99.4 Å². The molecule has 2 heterocycles. The lowest BCUT2D eigenvalue weighted by atomic mass is 9.83. The summed E-state index contributed by atoms with van der Waals surface area (Å²) in [5.74, 6) is -1.48. The highest BCUT2D eigenvalue weighted by Crippen LogP contribution is 2.39. The third-order valence-electron chi connectivity index (χ3n) is 9.82. The first-order valence-corrected chi connectivity index (χ1v) is 16.5. The fourth-order valence-electron chi connectivity index (χ4n) is 7.44. The van der Waals surface area contributed by atoms with Gasteiger partial charge in [0.15, 0.2) is 0 Å². The van der Waals surface area contributed by atoms with Gasteiger partial charge >= 0.3 is 0 Å². The van der Waals surface area contributed by atoms with Gasteiger partial charge in [-0.15, -0.1) is 0 Å². The molecule has 1 saturated carbocycles. The van der Waals surface area contributed by atoms with Gasteiger partial charge in [-0.1, -0.05) is 49.6 Å². The number of anilines is 3. The summed E-state index contributed by atoms with van der Waals surface area (Å²) in [4.78, 5) is 32.2. The van der Waals surface area contributed by atoms with E-state index in [1.807, 2.05) is 18.2 Å². The van der Waals surface area contributed by atoms with E-state index in [-0.39, 0.29) is 17.4 Å². The molecule has 2 amide bonds. The second-order valence-corrected chi connectivity index (χ2v) is 12.9. The number of likely N-dealkylation sites (tertiary alicyclic amines) is 1. The Balaban J connectivity index is 1.30. The molecule has 0 unspecified atom stereocenters. The highest BCUT2D eigenvalue weighted by atomic mass is 19.1. The number of hydrogen-bond donors (Lipinski definition) is 2. The quantitative estimate of drug-likeness (QED) is 0.290. The van der Waals surface area contributed by atoms with E-state index < -0.39 is 17.8 Å². The van der Waals surface area contributed by atoms with Gasteiger partial charge in [0.05, 0.1) is 17.5 Å². The van der Waals surface area contributed by atoms with Crippen molar-refractivity contribution in [3.8, 4) is 0 Å². The van der Waals surface area contributed by atoms with Crippen LogP contribution in [0.4, 0.5) is 21.5 Å². The van der Waals surface area contributed by atoms with E-state index in [1.165, 1.54) is 56.6 Å². The predicted octanol–water partition coefficient (Wildman–Crippen LogP) is 8.02. The number of carbonyl (C=O) groups excluding carboxylic acids is 2. The van der Waals surface area contributed by atoms with Crippen molar-refractivity contribution in [3.05, 3.63) is 88.7 Å². The van der Waals surface area contributed by atoms with E-state index in [4.69, 9.17) is 0 Å². The number of nitrogens with one attached hydrogen (secondary N) is 2. The summed E-state index contributed by atoms with van der Waals surface area (Å²) >= 11 is 0. The minimum atomic E-state index is -0.526. The number of amides is 2. The Morgan fingerprint density at radius 3 is 2.23 bits per heavy atom. The van der Waals surface area contributed by atoms with Crippen LogP contribution in [0.2, 0.25) is 0 Å². The summed E-state index contributed by atoms with van der Waals surface area (Å²) in [6.07, 6.45) is 9.83. The van der Waals surface area contributed by atoms with E-state index in [0.29, 0.717) is 31.0 Å². The van der Waals surface area contributed by atoms with Crippen molar-refractivity contribution < 1.29 is 14.0 Å². The van der Waals surface area contributed by atoms with Gasteiger partial charge < -0.3 is 20.4 Å². The normalized spacial score (nSPS) is 20.9. The standard InChI is InChI=1S/C37H45FN4O2/c1-25-15-18-30(24-33(25)41-21-6-7-22-41)40-36(43)31-13-9-23-42(37(44)34-26(2)10-8-14-32(34)38)35(31)27-16-19-29(20-17-27)39-28-11-4-3-5-12-28/h8,10,14-20,24,28,31,35,39H,3-7,9,11-13,21-23H2,1-2H3,(H,40,43)/t31-,35-/m0/s1. The molecule has 3 aromatic carbocycles. The molecule has 0 radical (unpaired) electrons. The SMILES string of the molecule is Cc1ccc(NC(=O)[C@H]2CCCN(C(=O)c3c(C)cccc3F)[C@H]2c2ccc(NC3CCCCC3)cc2)cc1N1CCCC1. The minimum Gasteiger partial charge on any atom is -0.382 e. The smallest absolute Gasteiger partial charge is 0.257 e. The fourth-order valence-corrected chi connectivity index (χ4v) is 7.44. The average molecular weight is 597 g/mol. The Morgan fingerprint density at radius 1 is 0.773 bits per heavy atom. The average Bonchev–Trinajstić information content (AvgIpc) is 3.57. The maximum atomic E-state index is 15.1. The summed E-state index contributed by atoms with van der Waals surface area (Å²) in [5.41, 5.74) is 5.75. The first-order chi connectivity index (χ1) is 21.4. The second kappa shape index (κ2) is 13.4. The fraction of sp³-hybridized carbons (Fsp3) is 0.459. The van der Waals surface area contributed by atoms with Crippen molar-refractivity contribution >= 4 is 28.9 Å². The molecule has 2 atom stereocenters. The number of carbonyl (C=O) groups is 2. The number of nitrogens with zero attached hydrogens (tertiary/aromatic N) is 2. The highest BCUT2D eigenvalue weighted by molar-refractivity contribution is 5.98. The topological polar surface area (TPSA) is 64.7 Å². The van der Waals surface area contributed by atoms with Crippen LogP contribution in [-0.4, -0.2) is 42.4 Å². The molecule has 7 heteroatoms. The first kappa shape index (κ1) is 30.2. The molecule has 0 bridgehead atoms. The molecule has 232 valence electrons. The van der Waals surface area contributed by atoms with Gasteiger partial charge in [-0.3, -0.25) is 9.59 Å². The van der Waals surface area contributed by atoms with Gasteiger partial charge in [0, 0.05) is 42.7 Å². The summed E-state index contributed by atoms with van der Waals surface area (Å²) in [7, 11) is 0. The number of rotatable bonds is 7. The van der Waals surface area contributed by atoms with Crippen LogP contribution in [0, 0.1) is 25.6 Å². The van der Waals surface area contributed by atoms with E-state index in [2.05, 4.69) is 46.7 Å². The van der Waals surface area contributed by atoms with Crippen LogP contribution in [0.15, 0.2) is 60.7 Å². The molecular formula is C37H45FN4O2. The molecule has 2 N–H and O–H groups in total. The van der Waals surface area contributed by atoms with E-state index >= 15 is 4.39 Å². The molecule has 2 aliphatic heterocycles. The lowest BCUT2D eigenvalue weighted by Crippen LogP contribution is -2.46. The summed E-state index contributed by atoms with van der Waals surface area (Å²) < 4.78 is 15.1. The van der Waals surface area contributed by atoms with Gasteiger partial charge in [0.1, 0.15) is 5.82 Å². The lowest BCUT2D eigenvalue weighted by Gasteiger charge is -2.41. The molecular weight excluding hydrogens is 551 g/mol. The van der Waals surface area contributed by atoms with Gasteiger partial charge in [0.2, 0.25) is 5.91 Å². The van der Waals surface area contributed by atoms with Crippen LogP contribution >= 0.6 is 0 Å². The van der Waals surface area contributed by atoms with Crippen LogP contribution < -0.4 is 15.5 Å². The zero-order valence-electron chi connectivity index (χ0n) is 26.1. The molecule has 0 aromatic heterocycles. The second-order valence-electron chi connectivity index (χ2n) is 12.9. The molecule has 44 heavy (non-hydrogen) atoms. The van der Waals surface area contributed by atoms with Crippen molar-refractivity contribution in [1.82, 2.24) is 4.90 Å². The number of benzene rings is 3. The number of hydrogen-bond acceptors (Lipinski definition) is 4. The maximum absolute atomic E-state index is 15.1. The Bertz CT molecular complexity index is 1460. The van der Waals surface area contributed by atoms with Crippen molar-refractivity contribution in [3.63, 3.8) is 0 Å². The summed E-state index contributed by atoms with van der Waals surface area (Å²) in [5, 5.41) is 6.87. The van der Waals surface area contributed by atoms with Crippen LogP contribution in [0.3, 0.4) is 0 Å².